The molecular weight excluding hydrogens is 358 g/mol. The van der Waals surface area contributed by atoms with Crippen LogP contribution in [-0.2, 0) is 4.79 Å². The highest BCUT2D eigenvalue weighted by Crippen LogP contribution is 2.12. The molecule has 3 N–H and O–H groups in total. The van der Waals surface area contributed by atoms with Crippen molar-refractivity contribution in [3.05, 3.63) is 61.3 Å². The summed E-state index contributed by atoms with van der Waals surface area (Å²) in [5, 5.41) is 12.2. The number of anilines is 2. The standard InChI is InChI=1S/C19H21N7O2/c1-13(2)17(25-19(28)24-14-6-4-3-5-7-14)18(27)23-15-8-9-16(21-10-15)26-12-20-11-22-26/h3-13,17H,1-2H3,(H,23,27)(H2,24,25,28). The third-order valence-corrected chi connectivity index (χ3v) is 3.94. The van der Waals surface area contributed by atoms with Gasteiger partial charge < -0.3 is 16.0 Å². The van der Waals surface area contributed by atoms with Gasteiger partial charge in [-0.05, 0) is 30.2 Å². The maximum absolute atomic E-state index is 12.6. The van der Waals surface area contributed by atoms with Crippen molar-refractivity contribution in [2.75, 3.05) is 10.6 Å². The highest BCUT2D eigenvalue weighted by Gasteiger charge is 2.24. The predicted molar refractivity (Wildman–Crippen MR) is 105 cm³/mol. The topological polar surface area (TPSA) is 114 Å². The second-order valence-electron chi connectivity index (χ2n) is 6.42. The lowest BCUT2D eigenvalue weighted by Gasteiger charge is -2.22. The lowest BCUT2D eigenvalue weighted by Crippen LogP contribution is -2.48. The van der Waals surface area contributed by atoms with Gasteiger partial charge in [-0.25, -0.2) is 19.4 Å². The van der Waals surface area contributed by atoms with Gasteiger partial charge in [-0.2, -0.15) is 5.10 Å². The molecule has 0 bridgehead atoms. The molecule has 0 saturated heterocycles. The second-order valence-corrected chi connectivity index (χ2v) is 6.42. The number of para-hydroxylation sites is 1. The molecule has 1 aromatic carbocycles. The number of rotatable bonds is 6. The van der Waals surface area contributed by atoms with Crippen LogP contribution in [0.5, 0.6) is 0 Å². The molecule has 9 heteroatoms. The number of amides is 3. The number of pyridine rings is 1. The van der Waals surface area contributed by atoms with Gasteiger partial charge in [0.25, 0.3) is 0 Å². The van der Waals surface area contributed by atoms with Gasteiger partial charge >= 0.3 is 6.03 Å². The number of nitrogens with one attached hydrogen (secondary N) is 3. The van der Waals surface area contributed by atoms with Crippen LogP contribution in [0.4, 0.5) is 16.2 Å². The van der Waals surface area contributed by atoms with Crippen LogP contribution in [0.25, 0.3) is 5.82 Å². The van der Waals surface area contributed by atoms with E-state index >= 15 is 0 Å². The summed E-state index contributed by atoms with van der Waals surface area (Å²) < 4.78 is 1.51. The summed E-state index contributed by atoms with van der Waals surface area (Å²) in [7, 11) is 0. The number of nitrogens with zero attached hydrogens (tertiary/aromatic N) is 4. The van der Waals surface area contributed by atoms with Crippen LogP contribution in [0.15, 0.2) is 61.3 Å². The van der Waals surface area contributed by atoms with Crippen molar-refractivity contribution < 1.29 is 9.59 Å². The zero-order chi connectivity index (χ0) is 19.9. The third kappa shape index (κ3) is 4.91. The SMILES string of the molecule is CC(C)C(NC(=O)Nc1ccccc1)C(=O)Nc1ccc(-n2cncn2)nc1. The van der Waals surface area contributed by atoms with Gasteiger partial charge in [-0.1, -0.05) is 32.0 Å². The Morgan fingerprint density at radius 1 is 1.00 bits per heavy atom. The molecule has 0 aliphatic rings. The number of urea groups is 1. The monoisotopic (exact) mass is 379 g/mol. The summed E-state index contributed by atoms with van der Waals surface area (Å²) in [4.78, 5) is 33.0. The normalized spacial score (nSPS) is 11.7. The average molecular weight is 379 g/mol. The molecular formula is C19H21N7O2. The fourth-order valence-corrected chi connectivity index (χ4v) is 2.51. The highest BCUT2D eigenvalue weighted by molar-refractivity contribution is 5.99. The Kier molecular flexibility index (Phi) is 5.95. The fraction of sp³-hybridized carbons (Fsp3) is 0.211. The molecule has 9 nitrogen and oxygen atoms in total. The zero-order valence-electron chi connectivity index (χ0n) is 15.5. The minimum atomic E-state index is -0.710. The zero-order valence-corrected chi connectivity index (χ0v) is 15.5. The van der Waals surface area contributed by atoms with Gasteiger partial charge in [0, 0.05) is 5.69 Å². The maximum Gasteiger partial charge on any atom is 0.319 e. The van der Waals surface area contributed by atoms with Crippen LogP contribution in [-0.4, -0.2) is 37.7 Å². The van der Waals surface area contributed by atoms with Crippen LogP contribution in [0.1, 0.15) is 13.8 Å². The van der Waals surface area contributed by atoms with Gasteiger partial charge in [0.15, 0.2) is 5.82 Å². The van der Waals surface area contributed by atoms with Gasteiger partial charge in [0.2, 0.25) is 5.91 Å². The van der Waals surface area contributed by atoms with E-state index in [1.165, 1.54) is 23.5 Å². The van der Waals surface area contributed by atoms with Crippen molar-refractivity contribution in [2.45, 2.75) is 19.9 Å². The number of carbonyl (C=O) groups excluding carboxylic acids is 2. The summed E-state index contributed by atoms with van der Waals surface area (Å²) >= 11 is 0. The summed E-state index contributed by atoms with van der Waals surface area (Å²) in [6, 6.07) is 11.3. The van der Waals surface area contributed by atoms with E-state index in [-0.39, 0.29) is 11.8 Å². The molecule has 1 unspecified atom stereocenters. The summed E-state index contributed by atoms with van der Waals surface area (Å²) in [6.07, 6.45) is 4.47. The van der Waals surface area contributed by atoms with Crippen LogP contribution in [0.2, 0.25) is 0 Å². The second kappa shape index (κ2) is 8.76. The largest absolute Gasteiger partial charge is 0.326 e. The first kappa shape index (κ1) is 19.0. The fourth-order valence-electron chi connectivity index (χ4n) is 2.51. The first-order valence-electron chi connectivity index (χ1n) is 8.77. The van der Waals surface area contributed by atoms with Gasteiger partial charge in [-0.3, -0.25) is 4.79 Å². The van der Waals surface area contributed by atoms with Crippen LogP contribution in [0, 0.1) is 5.92 Å². The molecule has 0 saturated carbocycles. The molecule has 2 aromatic heterocycles. The molecule has 28 heavy (non-hydrogen) atoms. The van der Waals surface area contributed by atoms with Gasteiger partial charge in [0.1, 0.15) is 18.7 Å². The number of carbonyl (C=O) groups is 2. The maximum atomic E-state index is 12.6. The average Bonchev–Trinajstić information content (AvgIpc) is 3.22. The first-order valence-corrected chi connectivity index (χ1v) is 8.77. The van der Waals surface area contributed by atoms with E-state index < -0.39 is 12.1 Å². The molecule has 3 rings (SSSR count). The quantitative estimate of drug-likeness (QED) is 0.609. The Labute approximate surface area is 162 Å². The molecule has 0 fully saturated rings. The first-order chi connectivity index (χ1) is 13.5. The lowest BCUT2D eigenvalue weighted by atomic mass is 10.0. The number of hydrogen-bond donors (Lipinski definition) is 3. The molecule has 0 spiro atoms. The van der Waals surface area contributed by atoms with Crippen molar-refractivity contribution in [3.63, 3.8) is 0 Å². The van der Waals surface area contributed by atoms with Gasteiger partial charge in [0.05, 0.1) is 11.9 Å². The summed E-state index contributed by atoms with van der Waals surface area (Å²) in [6.45, 7) is 3.72. The van der Waals surface area contributed by atoms with Crippen LogP contribution < -0.4 is 16.0 Å². The van der Waals surface area contributed by atoms with Crippen molar-refractivity contribution in [3.8, 4) is 5.82 Å². The van der Waals surface area contributed by atoms with E-state index in [1.54, 1.807) is 24.3 Å². The van der Waals surface area contributed by atoms with E-state index in [9.17, 15) is 9.59 Å². The molecule has 2 heterocycles. The molecule has 1 atom stereocenters. The smallest absolute Gasteiger partial charge is 0.319 e. The lowest BCUT2D eigenvalue weighted by molar-refractivity contribution is -0.118. The van der Waals surface area contributed by atoms with Crippen molar-refractivity contribution in [1.29, 1.82) is 0 Å². The summed E-state index contributed by atoms with van der Waals surface area (Å²) in [5.74, 6) is 0.147. The molecule has 0 aliphatic heterocycles. The van der Waals surface area contributed by atoms with E-state index in [0.29, 0.717) is 17.2 Å². The minimum Gasteiger partial charge on any atom is -0.326 e. The molecule has 0 radical (unpaired) electrons. The Morgan fingerprint density at radius 2 is 1.79 bits per heavy atom. The summed E-state index contributed by atoms with van der Waals surface area (Å²) in [5.41, 5.74) is 1.17. The molecule has 3 aromatic rings. The number of hydrogen-bond acceptors (Lipinski definition) is 5. The number of aromatic nitrogens is 4. The Balaban J connectivity index is 1.62. The van der Waals surface area contributed by atoms with E-state index in [0.717, 1.165) is 0 Å². The highest BCUT2D eigenvalue weighted by atomic mass is 16.2. The molecule has 144 valence electrons. The molecule has 0 aliphatic carbocycles. The van der Waals surface area contributed by atoms with Crippen molar-refractivity contribution in [2.24, 2.45) is 5.92 Å². The Hall–Kier alpha value is -3.75. The van der Waals surface area contributed by atoms with Crippen LogP contribution in [0.3, 0.4) is 0 Å². The van der Waals surface area contributed by atoms with Crippen molar-refractivity contribution >= 4 is 23.3 Å². The van der Waals surface area contributed by atoms with Gasteiger partial charge in [-0.15, -0.1) is 0 Å². The Morgan fingerprint density at radius 3 is 2.39 bits per heavy atom. The van der Waals surface area contributed by atoms with E-state index in [4.69, 9.17) is 0 Å². The van der Waals surface area contributed by atoms with E-state index in [2.05, 4.69) is 31.0 Å². The number of benzene rings is 1. The van der Waals surface area contributed by atoms with E-state index in [1.807, 2.05) is 32.0 Å². The van der Waals surface area contributed by atoms with Crippen LogP contribution >= 0.6 is 0 Å². The minimum absolute atomic E-state index is 0.107. The predicted octanol–water partition coefficient (Wildman–Crippen LogP) is 2.45. The van der Waals surface area contributed by atoms with Crippen molar-refractivity contribution in [1.82, 2.24) is 25.1 Å². The Bertz CT molecular complexity index is 909. The molecule has 3 amide bonds. The third-order valence-electron chi connectivity index (χ3n) is 3.94.